The van der Waals surface area contributed by atoms with Crippen molar-refractivity contribution in [3.05, 3.63) is 59.9 Å². The summed E-state index contributed by atoms with van der Waals surface area (Å²) in [4.78, 5) is 16.8. The number of carbonyl (C=O) groups is 1. The van der Waals surface area contributed by atoms with Crippen LogP contribution in [0.3, 0.4) is 0 Å². The molecule has 1 amide bonds. The normalized spacial score (nSPS) is 11.5. The van der Waals surface area contributed by atoms with E-state index in [0.717, 1.165) is 23.1 Å². The maximum Gasteiger partial charge on any atom is 0.251 e. The number of imidazole rings is 1. The summed E-state index contributed by atoms with van der Waals surface area (Å²) < 4.78 is 27.0. The van der Waals surface area contributed by atoms with E-state index in [2.05, 4.69) is 19.6 Å². The molecule has 136 valence electrons. The highest BCUT2D eigenvalue weighted by atomic mass is 32.2. The highest BCUT2D eigenvalue weighted by Crippen LogP contribution is 2.15. The smallest absolute Gasteiger partial charge is 0.251 e. The van der Waals surface area contributed by atoms with Crippen LogP contribution in [0.5, 0.6) is 0 Å². The predicted molar refractivity (Wildman–Crippen MR) is 102 cm³/mol. The monoisotopic (exact) mass is 372 g/mol. The van der Waals surface area contributed by atoms with E-state index in [1.54, 1.807) is 18.2 Å². The SMILES string of the molecule is Cc1nc2ccccc2n1CCNC(=O)c1cccc(NS(C)(=O)=O)c1. The van der Waals surface area contributed by atoms with Crippen molar-refractivity contribution in [1.82, 2.24) is 14.9 Å². The number of amides is 1. The van der Waals surface area contributed by atoms with Gasteiger partial charge in [0.2, 0.25) is 10.0 Å². The van der Waals surface area contributed by atoms with Gasteiger partial charge >= 0.3 is 0 Å². The van der Waals surface area contributed by atoms with Crippen LogP contribution in [0.4, 0.5) is 5.69 Å². The molecule has 1 heterocycles. The van der Waals surface area contributed by atoms with E-state index >= 15 is 0 Å². The molecule has 26 heavy (non-hydrogen) atoms. The zero-order chi connectivity index (χ0) is 18.7. The third-order valence-electron chi connectivity index (χ3n) is 3.89. The van der Waals surface area contributed by atoms with Crippen LogP contribution in [-0.4, -0.2) is 36.7 Å². The van der Waals surface area contributed by atoms with E-state index in [9.17, 15) is 13.2 Å². The van der Waals surface area contributed by atoms with Crippen molar-refractivity contribution in [1.29, 1.82) is 0 Å². The number of benzene rings is 2. The molecule has 1 aromatic heterocycles. The van der Waals surface area contributed by atoms with Gasteiger partial charge in [-0.15, -0.1) is 0 Å². The molecule has 2 aromatic carbocycles. The van der Waals surface area contributed by atoms with Gasteiger partial charge in [-0.25, -0.2) is 13.4 Å². The van der Waals surface area contributed by atoms with Crippen LogP contribution in [0.2, 0.25) is 0 Å². The first-order chi connectivity index (χ1) is 12.3. The van der Waals surface area contributed by atoms with Gasteiger partial charge in [0.05, 0.1) is 17.3 Å². The van der Waals surface area contributed by atoms with Gasteiger partial charge in [0.15, 0.2) is 0 Å². The molecule has 0 aliphatic carbocycles. The van der Waals surface area contributed by atoms with Crippen molar-refractivity contribution < 1.29 is 13.2 Å². The average molecular weight is 372 g/mol. The molecule has 0 spiro atoms. The Morgan fingerprint density at radius 2 is 1.92 bits per heavy atom. The fourth-order valence-corrected chi connectivity index (χ4v) is 3.35. The Hall–Kier alpha value is -2.87. The Morgan fingerprint density at radius 3 is 2.69 bits per heavy atom. The van der Waals surface area contributed by atoms with E-state index < -0.39 is 10.0 Å². The number of rotatable bonds is 6. The van der Waals surface area contributed by atoms with Gasteiger partial charge in [0.25, 0.3) is 5.91 Å². The second-order valence-corrected chi connectivity index (χ2v) is 7.76. The minimum atomic E-state index is -3.38. The lowest BCUT2D eigenvalue weighted by Gasteiger charge is -2.10. The molecule has 0 atom stereocenters. The van der Waals surface area contributed by atoms with Crippen LogP contribution in [-0.2, 0) is 16.6 Å². The third kappa shape index (κ3) is 4.20. The number of sulfonamides is 1. The number of nitrogens with zero attached hydrogens (tertiary/aromatic N) is 2. The summed E-state index contributed by atoms with van der Waals surface area (Å²) >= 11 is 0. The molecule has 2 N–H and O–H groups in total. The third-order valence-corrected chi connectivity index (χ3v) is 4.50. The second-order valence-electron chi connectivity index (χ2n) is 6.01. The van der Waals surface area contributed by atoms with Gasteiger partial charge in [0, 0.05) is 24.3 Å². The topological polar surface area (TPSA) is 93.1 Å². The summed E-state index contributed by atoms with van der Waals surface area (Å²) in [5, 5.41) is 2.85. The minimum absolute atomic E-state index is 0.260. The van der Waals surface area contributed by atoms with E-state index in [1.165, 1.54) is 6.07 Å². The maximum absolute atomic E-state index is 12.3. The van der Waals surface area contributed by atoms with Gasteiger partial charge < -0.3 is 9.88 Å². The van der Waals surface area contributed by atoms with Gasteiger partial charge in [-0.1, -0.05) is 18.2 Å². The summed E-state index contributed by atoms with van der Waals surface area (Å²) in [6, 6.07) is 14.2. The lowest BCUT2D eigenvalue weighted by molar-refractivity contribution is 0.0952. The summed E-state index contributed by atoms with van der Waals surface area (Å²) in [5.41, 5.74) is 2.71. The molecule has 0 unspecified atom stereocenters. The van der Waals surface area contributed by atoms with Crippen LogP contribution < -0.4 is 10.0 Å². The number of aromatic nitrogens is 2. The van der Waals surface area contributed by atoms with Gasteiger partial charge in [-0.05, 0) is 37.3 Å². The fourth-order valence-electron chi connectivity index (χ4n) is 2.80. The minimum Gasteiger partial charge on any atom is -0.350 e. The van der Waals surface area contributed by atoms with Crippen molar-refractivity contribution in [2.45, 2.75) is 13.5 Å². The van der Waals surface area contributed by atoms with Gasteiger partial charge in [-0.3, -0.25) is 9.52 Å². The molecule has 3 aromatic rings. The molecule has 0 saturated heterocycles. The van der Waals surface area contributed by atoms with Crippen LogP contribution in [0, 0.1) is 6.92 Å². The molecule has 0 radical (unpaired) electrons. The average Bonchev–Trinajstić information content (AvgIpc) is 2.89. The molecule has 8 heteroatoms. The molecule has 0 bridgehead atoms. The van der Waals surface area contributed by atoms with Crippen molar-refractivity contribution in [3.63, 3.8) is 0 Å². The predicted octanol–water partition coefficient (Wildman–Crippen LogP) is 2.15. The quantitative estimate of drug-likeness (QED) is 0.693. The van der Waals surface area contributed by atoms with Crippen molar-refractivity contribution in [2.75, 3.05) is 17.5 Å². The number of aryl methyl sites for hydroxylation is 1. The second kappa shape index (κ2) is 7.17. The molecule has 3 rings (SSSR count). The first-order valence-corrected chi connectivity index (χ1v) is 10.0. The van der Waals surface area contributed by atoms with Crippen molar-refractivity contribution in [3.8, 4) is 0 Å². The molecule has 0 fully saturated rings. The standard InChI is InChI=1S/C18H20N4O3S/c1-13-20-16-8-3-4-9-17(16)22(13)11-10-19-18(23)14-6-5-7-15(12-14)21-26(2,24)25/h3-9,12,21H,10-11H2,1-2H3,(H,19,23). The summed E-state index contributed by atoms with van der Waals surface area (Å²) in [6.07, 6.45) is 1.07. The zero-order valence-corrected chi connectivity index (χ0v) is 15.4. The Balaban J connectivity index is 1.66. The molecular weight excluding hydrogens is 352 g/mol. The molecule has 7 nitrogen and oxygen atoms in total. The summed E-state index contributed by atoms with van der Waals surface area (Å²) in [6.45, 7) is 2.96. The van der Waals surface area contributed by atoms with Crippen LogP contribution in [0.25, 0.3) is 11.0 Å². The van der Waals surface area contributed by atoms with Gasteiger partial charge in [-0.2, -0.15) is 0 Å². The molecule has 0 aliphatic heterocycles. The number of hydrogen-bond donors (Lipinski definition) is 2. The number of hydrogen-bond acceptors (Lipinski definition) is 4. The molecule has 0 saturated carbocycles. The highest BCUT2D eigenvalue weighted by Gasteiger charge is 2.10. The summed E-state index contributed by atoms with van der Waals surface area (Å²) in [5.74, 6) is 0.629. The summed E-state index contributed by atoms with van der Waals surface area (Å²) in [7, 11) is -3.38. The van der Waals surface area contributed by atoms with E-state index in [4.69, 9.17) is 0 Å². The van der Waals surface area contributed by atoms with Crippen LogP contribution in [0.15, 0.2) is 48.5 Å². The van der Waals surface area contributed by atoms with Crippen LogP contribution >= 0.6 is 0 Å². The number of anilines is 1. The number of para-hydroxylation sites is 2. The lowest BCUT2D eigenvalue weighted by Crippen LogP contribution is -2.27. The number of nitrogens with one attached hydrogen (secondary N) is 2. The van der Waals surface area contributed by atoms with Crippen LogP contribution in [0.1, 0.15) is 16.2 Å². The van der Waals surface area contributed by atoms with Crippen molar-refractivity contribution >= 4 is 32.7 Å². The lowest BCUT2D eigenvalue weighted by atomic mass is 10.2. The number of carbonyl (C=O) groups excluding carboxylic acids is 1. The largest absolute Gasteiger partial charge is 0.350 e. The zero-order valence-electron chi connectivity index (χ0n) is 14.6. The Labute approximate surface area is 152 Å². The first-order valence-electron chi connectivity index (χ1n) is 8.11. The van der Waals surface area contributed by atoms with E-state index in [-0.39, 0.29) is 5.91 Å². The maximum atomic E-state index is 12.3. The van der Waals surface area contributed by atoms with E-state index in [0.29, 0.717) is 24.3 Å². The number of fused-ring (bicyclic) bond motifs is 1. The molecular formula is C18H20N4O3S. The Bertz CT molecular complexity index is 1060. The first kappa shape index (κ1) is 17.9. The highest BCUT2D eigenvalue weighted by molar-refractivity contribution is 7.92. The van der Waals surface area contributed by atoms with Crippen molar-refractivity contribution in [2.24, 2.45) is 0 Å². The van der Waals surface area contributed by atoms with E-state index in [1.807, 2.05) is 31.2 Å². The molecule has 0 aliphatic rings. The Kier molecular flexibility index (Phi) is 4.94. The fraction of sp³-hybridized carbons (Fsp3) is 0.222. The van der Waals surface area contributed by atoms with Gasteiger partial charge in [0.1, 0.15) is 5.82 Å². The Morgan fingerprint density at radius 1 is 1.15 bits per heavy atom.